The van der Waals surface area contributed by atoms with Gasteiger partial charge in [-0.25, -0.2) is 0 Å². The van der Waals surface area contributed by atoms with E-state index in [1.807, 2.05) is 0 Å². The van der Waals surface area contributed by atoms with Crippen LogP contribution in [0.25, 0.3) is 0 Å². The number of aryl methyl sites for hydroxylation is 1. The number of halogens is 1. The first-order valence-corrected chi connectivity index (χ1v) is 5.17. The van der Waals surface area contributed by atoms with Crippen LogP contribution in [0, 0.1) is 17.0 Å². The highest BCUT2D eigenvalue weighted by Crippen LogP contribution is 2.33. The minimum absolute atomic E-state index is 0. The maximum Gasteiger partial charge on any atom is 0.269 e. The van der Waals surface area contributed by atoms with Gasteiger partial charge in [-0.2, -0.15) is 0 Å². The van der Waals surface area contributed by atoms with Crippen molar-refractivity contribution in [2.75, 3.05) is 6.61 Å². The van der Waals surface area contributed by atoms with Crippen LogP contribution in [-0.2, 0) is 0 Å². The van der Waals surface area contributed by atoms with E-state index in [1.165, 1.54) is 12.1 Å². The molecule has 2 rings (SSSR count). The second kappa shape index (κ2) is 4.89. The van der Waals surface area contributed by atoms with Gasteiger partial charge in [-0.3, -0.25) is 10.1 Å². The monoisotopic (exact) mass is 258 g/mol. The van der Waals surface area contributed by atoms with Gasteiger partial charge in [-0.1, -0.05) is 0 Å². The van der Waals surface area contributed by atoms with Crippen molar-refractivity contribution in [2.24, 2.45) is 5.73 Å². The average molecular weight is 259 g/mol. The molecule has 1 aliphatic carbocycles. The summed E-state index contributed by atoms with van der Waals surface area (Å²) in [7, 11) is 0. The van der Waals surface area contributed by atoms with E-state index < -0.39 is 4.92 Å². The van der Waals surface area contributed by atoms with Crippen LogP contribution in [0.2, 0.25) is 0 Å². The summed E-state index contributed by atoms with van der Waals surface area (Å²) in [6, 6.07) is 4.57. The third kappa shape index (κ3) is 3.31. The standard InChI is InChI=1S/C11H14N2O3.ClH/c1-8-6-9(13(14)15)2-3-10(8)16-7-11(12)4-5-11;/h2-3,6H,4-5,7,12H2,1H3;1H. The van der Waals surface area contributed by atoms with Crippen LogP contribution in [0.4, 0.5) is 5.69 Å². The van der Waals surface area contributed by atoms with Crippen molar-refractivity contribution in [1.29, 1.82) is 0 Å². The van der Waals surface area contributed by atoms with Gasteiger partial charge in [0.2, 0.25) is 0 Å². The molecule has 0 aromatic heterocycles. The fraction of sp³-hybridized carbons (Fsp3) is 0.455. The summed E-state index contributed by atoms with van der Waals surface area (Å²) in [6.07, 6.45) is 1.97. The van der Waals surface area contributed by atoms with Gasteiger partial charge >= 0.3 is 0 Å². The van der Waals surface area contributed by atoms with E-state index >= 15 is 0 Å². The highest BCUT2D eigenvalue weighted by molar-refractivity contribution is 5.85. The molecule has 1 fully saturated rings. The van der Waals surface area contributed by atoms with Crippen LogP contribution in [0.15, 0.2) is 18.2 Å². The number of non-ortho nitro benzene ring substituents is 1. The first-order chi connectivity index (χ1) is 7.50. The first kappa shape index (κ1) is 13.7. The zero-order valence-electron chi connectivity index (χ0n) is 9.51. The Kier molecular flexibility index (Phi) is 3.95. The van der Waals surface area contributed by atoms with Gasteiger partial charge in [-0.15, -0.1) is 12.4 Å². The molecule has 0 heterocycles. The predicted molar refractivity (Wildman–Crippen MR) is 66.7 cm³/mol. The minimum atomic E-state index is -0.415. The molecule has 0 amide bonds. The Balaban J connectivity index is 0.00000144. The van der Waals surface area contributed by atoms with Crippen molar-refractivity contribution in [3.05, 3.63) is 33.9 Å². The molecule has 0 bridgehead atoms. The van der Waals surface area contributed by atoms with Crippen molar-refractivity contribution >= 4 is 18.1 Å². The van der Waals surface area contributed by atoms with Gasteiger partial charge in [0.25, 0.3) is 5.69 Å². The average Bonchev–Trinajstić information content (AvgIpc) is 2.95. The number of rotatable bonds is 4. The molecular formula is C11H15ClN2O3. The second-order valence-corrected chi connectivity index (χ2v) is 4.36. The lowest BCUT2D eigenvalue weighted by Gasteiger charge is -2.12. The summed E-state index contributed by atoms with van der Waals surface area (Å²) in [5.74, 6) is 0.669. The maximum absolute atomic E-state index is 10.5. The topological polar surface area (TPSA) is 78.4 Å². The highest BCUT2D eigenvalue weighted by Gasteiger charge is 2.39. The van der Waals surface area contributed by atoms with E-state index in [9.17, 15) is 10.1 Å². The SMILES string of the molecule is Cc1cc([N+](=O)[O-])ccc1OCC1(N)CC1.Cl. The van der Waals surface area contributed by atoms with Crippen LogP contribution in [0.5, 0.6) is 5.75 Å². The van der Waals surface area contributed by atoms with Gasteiger partial charge in [-0.05, 0) is 31.4 Å². The summed E-state index contributed by atoms with van der Waals surface area (Å²) in [6.45, 7) is 2.27. The molecule has 2 N–H and O–H groups in total. The Bertz CT molecular complexity index is 433. The van der Waals surface area contributed by atoms with Gasteiger partial charge < -0.3 is 10.5 Å². The van der Waals surface area contributed by atoms with Gasteiger partial charge in [0.15, 0.2) is 0 Å². The first-order valence-electron chi connectivity index (χ1n) is 5.17. The zero-order valence-corrected chi connectivity index (χ0v) is 10.3. The molecule has 0 spiro atoms. The van der Waals surface area contributed by atoms with Crippen molar-refractivity contribution in [2.45, 2.75) is 25.3 Å². The van der Waals surface area contributed by atoms with Gasteiger partial charge in [0.1, 0.15) is 12.4 Å². The number of ether oxygens (including phenoxy) is 1. The van der Waals surface area contributed by atoms with Crippen LogP contribution in [0.1, 0.15) is 18.4 Å². The molecule has 0 atom stereocenters. The van der Waals surface area contributed by atoms with Gasteiger partial charge in [0.05, 0.1) is 10.5 Å². The third-order valence-electron chi connectivity index (χ3n) is 2.78. The second-order valence-electron chi connectivity index (χ2n) is 4.36. The molecule has 0 aliphatic heterocycles. The summed E-state index contributed by atoms with van der Waals surface area (Å²) in [5, 5.41) is 10.5. The lowest BCUT2D eigenvalue weighted by molar-refractivity contribution is -0.384. The smallest absolute Gasteiger partial charge is 0.269 e. The molecular weight excluding hydrogens is 244 g/mol. The summed E-state index contributed by atoms with van der Waals surface area (Å²) in [5.41, 5.74) is 6.56. The number of hydrogen-bond acceptors (Lipinski definition) is 4. The Hall–Kier alpha value is -1.33. The fourth-order valence-corrected chi connectivity index (χ4v) is 1.44. The van der Waals surface area contributed by atoms with E-state index in [2.05, 4.69) is 0 Å². The van der Waals surface area contributed by atoms with E-state index in [0.717, 1.165) is 18.4 Å². The molecule has 1 aromatic rings. The summed E-state index contributed by atoms with van der Waals surface area (Å²) >= 11 is 0. The molecule has 0 radical (unpaired) electrons. The minimum Gasteiger partial charge on any atom is -0.491 e. The molecule has 17 heavy (non-hydrogen) atoms. The largest absolute Gasteiger partial charge is 0.491 e. The number of hydrogen-bond donors (Lipinski definition) is 1. The van der Waals surface area contributed by atoms with E-state index in [1.54, 1.807) is 13.0 Å². The van der Waals surface area contributed by atoms with Crippen molar-refractivity contribution in [3.8, 4) is 5.75 Å². The van der Waals surface area contributed by atoms with Crippen LogP contribution < -0.4 is 10.5 Å². The molecule has 0 saturated heterocycles. The summed E-state index contributed by atoms with van der Waals surface area (Å²) in [4.78, 5) is 10.1. The van der Waals surface area contributed by atoms with Crippen molar-refractivity contribution in [1.82, 2.24) is 0 Å². The van der Waals surface area contributed by atoms with Crippen molar-refractivity contribution in [3.63, 3.8) is 0 Å². The van der Waals surface area contributed by atoms with Gasteiger partial charge in [0, 0.05) is 12.1 Å². The number of benzene rings is 1. The Morgan fingerprint density at radius 1 is 1.53 bits per heavy atom. The predicted octanol–water partition coefficient (Wildman–Crippen LogP) is 2.20. The van der Waals surface area contributed by atoms with Crippen LogP contribution in [-0.4, -0.2) is 17.1 Å². The zero-order chi connectivity index (χ0) is 11.8. The molecule has 6 heteroatoms. The maximum atomic E-state index is 10.5. The van der Waals surface area contributed by atoms with E-state index in [0.29, 0.717) is 12.4 Å². The van der Waals surface area contributed by atoms with Crippen LogP contribution >= 0.6 is 12.4 Å². The molecule has 0 unspecified atom stereocenters. The van der Waals surface area contributed by atoms with E-state index in [4.69, 9.17) is 10.5 Å². The molecule has 1 aliphatic rings. The Morgan fingerprint density at radius 2 is 2.18 bits per heavy atom. The fourth-order valence-electron chi connectivity index (χ4n) is 1.44. The highest BCUT2D eigenvalue weighted by atomic mass is 35.5. The number of nitrogens with zero attached hydrogens (tertiary/aromatic N) is 1. The molecule has 94 valence electrons. The molecule has 1 aromatic carbocycles. The molecule has 5 nitrogen and oxygen atoms in total. The number of nitro benzene ring substituents is 1. The lowest BCUT2D eigenvalue weighted by Crippen LogP contribution is -2.29. The quantitative estimate of drug-likeness (QED) is 0.663. The lowest BCUT2D eigenvalue weighted by atomic mass is 10.2. The van der Waals surface area contributed by atoms with Crippen LogP contribution in [0.3, 0.4) is 0 Å². The molecule has 1 saturated carbocycles. The third-order valence-corrected chi connectivity index (χ3v) is 2.78. The summed E-state index contributed by atoms with van der Waals surface area (Å²) < 4.78 is 5.55. The van der Waals surface area contributed by atoms with Crippen molar-refractivity contribution < 1.29 is 9.66 Å². The number of nitrogens with two attached hydrogens (primary N) is 1. The normalized spacial score (nSPS) is 15.9. The van der Waals surface area contributed by atoms with E-state index in [-0.39, 0.29) is 23.6 Å². The number of nitro groups is 1. The Morgan fingerprint density at radius 3 is 2.65 bits per heavy atom. The Labute approximate surface area is 106 Å².